The molecule has 1 unspecified atom stereocenters. The minimum atomic E-state index is -0.289. The van der Waals surface area contributed by atoms with Crippen LogP contribution in [-0.4, -0.2) is 57.1 Å². The van der Waals surface area contributed by atoms with Crippen molar-refractivity contribution < 1.29 is 19.0 Å². The first-order valence-electron chi connectivity index (χ1n) is 13.0. The number of benzene rings is 2. The maximum atomic E-state index is 13.1. The predicted molar refractivity (Wildman–Crippen MR) is 137 cm³/mol. The summed E-state index contributed by atoms with van der Waals surface area (Å²) in [7, 11) is 1.68. The second-order valence-electron chi connectivity index (χ2n) is 10.9. The highest BCUT2D eigenvalue weighted by molar-refractivity contribution is 5.73. The minimum absolute atomic E-state index is 0.00568. The highest BCUT2D eigenvalue weighted by atomic mass is 16.6. The summed E-state index contributed by atoms with van der Waals surface area (Å²) < 4.78 is 17.1. The van der Waals surface area contributed by atoms with Gasteiger partial charge in [0.1, 0.15) is 18.5 Å². The Balaban J connectivity index is 1.38. The van der Waals surface area contributed by atoms with Crippen LogP contribution in [0.1, 0.15) is 50.3 Å². The molecule has 2 aromatic rings. The molecule has 6 heteroatoms. The van der Waals surface area contributed by atoms with Crippen LogP contribution >= 0.6 is 0 Å². The molecule has 0 aromatic heterocycles. The molecule has 3 heterocycles. The van der Waals surface area contributed by atoms with Crippen LogP contribution in [0, 0.1) is 11.3 Å². The number of nitrogens with zero attached hydrogens (tertiary/aromatic N) is 1. The molecule has 3 aliphatic heterocycles. The zero-order valence-electron chi connectivity index (χ0n) is 21.2. The molecule has 0 saturated carbocycles. The highest BCUT2D eigenvalue weighted by Crippen LogP contribution is 2.45. The molecule has 188 valence electrons. The van der Waals surface area contributed by atoms with Gasteiger partial charge in [0.05, 0.1) is 12.6 Å². The minimum Gasteiger partial charge on any atom is -0.491 e. The number of fused-ring (bicyclic) bond motifs is 4. The van der Waals surface area contributed by atoms with E-state index >= 15 is 0 Å². The standard InChI is InChI=1S/C29H38N2O4/c1-29(2)13-10-20-8-9-22(23-6-4-5-7-25(23)34-17-16-33-3)18-24(20)27(29)30-28(32)35-26-19-31-14-11-21(26)12-15-31/h4-9,18,21,26-27H,10-17,19H2,1-3H3,(H,30,32)/t26-,27?/m1/s1. The molecule has 35 heavy (non-hydrogen) atoms. The van der Waals surface area contributed by atoms with Crippen molar-refractivity contribution in [2.24, 2.45) is 11.3 Å². The molecule has 4 aliphatic rings. The number of methoxy groups -OCH3 is 1. The third kappa shape index (κ3) is 5.19. The number of hydrogen-bond donors (Lipinski definition) is 1. The van der Waals surface area contributed by atoms with Gasteiger partial charge in [0.25, 0.3) is 0 Å². The number of aryl methyl sites for hydroxylation is 1. The lowest BCUT2D eigenvalue weighted by Crippen LogP contribution is -2.53. The summed E-state index contributed by atoms with van der Waals surface area (Å²) >= 11 is 0. The van der Waals surface area contributed by atoms with Gasteiger partial charge in [-0.1, -0.05) is 44.2 Å². The van der Waals surface area contributed by atoms with Crippen LogP contribution < -0.4 is 10.1 Å². The second kappa shape index (κ2) is 10.2. The first kappa shape index (κ1) is 24.1. The number of carbonyl (C=O) groups excluding carboxylic acids is 1. The lowest BCUT2D eigenvalue weighted by Gasteiger charge is -2.44. The third-order valence-corrected chi connectivity index (χ3v) is 8.14. The second-order valence-corrected chi connectivity index (χ2v) is 10.9. The number of amides is 1. The van der Waals surface area contributed by atoms with Gasteiger partial charge in [-0.3, -0.25) is 4.90 Å². The number of carbonyl (C=O) groups is 1. The summed E-state index contributed by atoms with van der Waals surface area (Å²) in [6.45, 7) is 8.66. The van der Waals surface area contributed by atoms with Gasteiger partial charge >= 0.3 is 6.09 Å². The first-order valence-corrected chi connectivity index (χ1v) is 13.0. The summed E-state index contributed by atoms with van der Waals surface area (Å²) in [5, 5.41) is 3.28. The lowest BCUT2D eigenvalue weighted by atomic mass is 9.70. The molecule has 2 atom stereocenters. The quantitative estimate of drug-likeness (QED) is 0.554. The summed E-state index contributed by atoms with van der Waals surface area (Å²) in [6.07, 6.45) is 3.99. The van der Waals surface area contributed by atoms with Crippen LogP contribution in [0.15, 0.2) is 42.5 Å². The van der Waals surface area contributed by atoms with Gasteiger partial charge < -0.3 is 19.5 Å². The Bertz CT molecular complexity index is 1040. The maximum absolute atomic E-state index is 13.1. The van der Waals surface area contributed by atoms with Gasteiger partial charge in [-0.2, -0.15) is 0 Å². The summed E-state index contributed by atoms with van der Waals surface area (Å²) in [6, 6.07) is 14.6. The van der Waals surface area contributed by atoms with Gasteiger partial charge in [-0.05, 0) is 78.9 Å². The zero-order chi connectivity index (χ0) is 24.4. The SMILES string of the molecule is COCCOc1ccccc1-c1ccc2c(c1)C(NC(=O)O[C@@H]1CN3CCC1CC3)C(C)(C)CC2. The fourth-order valence-corrected chi connectivity index (χ4v) is 5.95. The first-order chi connectivity index (χ1) is 16.9. The van der Waals surface area contributed by atoms with E-state index in [1.54, 1.807) is 7.11 Å². The Morgan fingerprint density at radius 2 is 1.91 bits per heavy atom. The molecule has 1 N–H and O–H groups in total. The number of nitrogens with one attached hydrogen (secondary N) is 1. The van der Waals surface area contributed by atoms with Crippen molar-refractivity contribution in [3.05, 3.63) is 53.6 Å². The number of para-hydroxylation sites is 1. The fraction of sp³-hybridized carbons (Fsp3) is 0.552. The largest absolute Gasteiger partial charge is 0.491 e. The fourth-order valence-electron chi connectivity index (χ4n) is 5.95. The Morgan fingerprint density at radius 1 is 1.11 bits per heavy atom. The zero-order valence-corrected chi connectivity index (χ0v) is 21.2. The van der Waals surface area contributed by atoms with Gasteiger partial charge in [0.2, 0.25) is 0 Å². The molecule has 3 fully saturated rings. The third-order valence-electron chi connectivity index (χ3n) is 8.14. The average Bonchev–Trinajstić information content (AvgIpc) is 2.87. The van der Waals surface area contributed by atoms with E-state index in [1.807, 2.05) is 18.2 Å². The molecule has 6 rings (SSSR count). The molecule has 6 nitrogen and oxygen atoms in total. The van der Waals surface area contributed by atoms with Crippen molar-refractivity contribution in [2.45, 2.75) is 51.7 Å². The van der Waals surface area contributed by atoms with E-state index in [-0.39, 0.29) is 23.7 Å². The van der Waals surface area contributed by atoms with Crippen molar-refractivity contribution in [3.8, 4) is 16.9 Å². The van der Waals surface area contributed by atoms with Crippen LogP contribution in [0.5, 0.6) is 5.75 Å². The Hall–Kier alpha value is -2.57. The highest BCUT2D eigenvalue weighted by Gasteiger charge is 2.40. The number of hydrogen-bond acceptors (Lipinski definition) is 5. The Kier molecular flexibility index (Phi) is 7.03. The van der Waals surface area contributed by atoms with Gasteiger partial charge in [0.15, 0.2) is 0 Å². The topological polar surface area (TPSA) is 60.0 Å². The van der Waals surface area contributed by atoms with E-state index in [4.69, 9.17) is 14.2 Å². The normalized spacial score (nSPS) is 26.6. The van der Waals surface area contributed by atoms with E-state index in [0.717, 1.165) is 62.2 Å². The average molecular weight is 479 g/mol. The van der Waals surface area contributed by atoms with Crippen molar-refractivity contribution in [3.63, 3.8) is 0 Å². The molecule has 3 saturated heterocycles. The van der Waals surface area contributed by atoms with Crippen LogP contribution in [0.25, 0.3) is 11.1 Å². The molecule has 1 aliphatic carbocycles. The number of rotatable bonds is 7. The predicted octanol–water partition coefficient (Wildman–Crippen LogP) is 5.21. The maximum Gasteiger partial charge on any atom is 0.407 e. The monoisotopic (exact) mass is 478 g/mol. The van der Waals surface area contributed by atoms with E-state index in [2.05, 4.69) is 48.3 Å². The van der Waals surface area contributed by atoms with Gasteiger partial charge in [-0.25, -0.2) is 4.79 Å². The summed E-state index contributed by atoms with van der Waals surface area (Å²) in [5.74, 6) is 1.34. The van der Waals surface area contributed by atoms with E-state index in [1.165, 1.54) is 11.1 Å². The summed E-state index contributed by atoms with van der Waals surface area (Å²) in [4.78, 5) is 15.5. The van der Waals surface area contributed by atoms with E-state index < -0.39 is 0 Å². The molecular formula is C29H38N2O4. The smallest absolute Gasteiger partial charge is 0.407 e. The molecule has 1 amide bonds. The van der Waals surface area contributed by atoms with Crippen molar-refractivity contribution in [2.75, 3.05) is 40.0 Å². The van der Waals surface area contributed by atoms with Crippen LogP contribution in [0.3, 0.4) is 0 Å². The van der Waals surface area contributed by atoms with E-state index in [9.17, 15) is 4.79 Å². The number of ether oxygens (including phenoxy) is 3. The lowest BCUT2D eigenvalue weighted by molar-refractivity contribution is -0.0353. The summed E-state index contributed by atoms with van der Waals surface area (Å²) in [5.41, 5.74) is 4.53. The van der Waals surface area contributed by atoms with Crippen molar-refractivity contribution >= 4 is 6.09 Å². The van der Waals surface area contributed by atoms with Crippen molar-refractivity contribution in [1.29, 1.82) is 0 Å². The van der Waals surface area contributed by atoms with Gasteiger partial charge in [-0.15, -0.1) is 0 Å². The Morgan fingerprint density at radius 3 is 2.66 bits per heavy atom. The molecule has 2 bridgehead atoms. The number of piperidine rings is 3. The van der Waals surface area contributed by atoms with E-state index in [0.29, 0.717) is 19.1 Å². The molecule has 0 radical (unpaired) electrons. The van der Waals surface area contributed by atoms with Crippen LogP contribution in [-0.2, 0) is 15.9 Å². The van der Waals surface area contributed by atoms with Gasteiger partial charge in [0, 0.05) is 19.2 Å². The van der Waals surface area contributed by atoms with Crippen LogP contribution in [0.2, 0.25) is 0 Å². The molecular weight excluding hydrogens is 440 g/mol. The molecule has 2 aromatic carbocycles. The van der Waals surface area contributed by atoms with Crippen molar-refractivity contribution in [1.82, 2.24) is 10.2 Å². The number of alkyl carbamates (subject to hydrolysis) is 1. The van der Waals surface area contributed by atoms with Crippen LogP contribution in [0.4, 0.5) is 4.79 Å². The molecule has 0 spiro atoms. The Labute approximate surface area is 208 Å².